The summed E-state index contributed by atoms with van der Waals surface area (Å²) in [7, 11) is 0. The predicted molar refractivity (Wildman–Crippen MR) is 58.6 cm³/mol. The first-order valence-corrected chi connectivity index (χ1v) is 5.43. The summed E-state index contributed by atoms with van der Waals surface area (Å²) in [6, 6.07) is 0. The van der Waals surface area contributed by atoms with E-state index in [9.17, 15) is 4.79 Å². The number of nitrogens with two attached hydrogens (primary N) is 1. The number of nitrogens with one attached hydrogen (secondary N) is 1. The van der Waals surface area contributed by atoms with Crippen LogP contribution in [0.25, 0.3) is 0 Å². The molecule has 1 amide bonds. The molecule has 0 fully saturated rings. The van der Waals surface area contributed by atoms with Gasteiger partial charge in [-0.05, 0) is 12.8 Å². The minimum atomic E-state index is -0.0673. The Morgan fingerprint density at radius 2 is 2.07 bits per heavy atom. The fraction of sp³-hybridized carbons (Fsp3) is 0.900. The third-order valence-corrected chi connectivity index (χ3v) is 1.63. The Balaban J connectivity index is 3.10. The van der Waals surface area contributed by atoms with E-state index in [-0.39, 0.29) is 12.5 Å². The fourth-order valence-electron chi connectivity index (χ4n) is 0.948. The van der Waals surface area contributed by atoms with Crippen LogP contribution in [-0.2, 0) is 14.3 Å². The number of carbonyl (C=O) groups is 1. The van der Waals surface area contributed by atoms with E-state index < -0.39 is 0 Å². The van der Waals surface area contributed by atoms with Gasteiger partial charge in [0.25, 0.3) is 0 Å². The molecule has 0 saturated heterocycles. The zero-order valence-electron chi connectivity index (χ0n) is 9.46. The second-order valence-corrected chi connectivity index (χ2v) is 3.16. The molecule has 0 spiro atoms. The van der Waals surface area contributed by atoms with Crippen molar-refractivity contribution in [3.8, 4) is 0 Å². The van der Waals surface area contributed by atoms with Crippen LogP contribution in [0, 0.1) is 0 Å². The van der Waals surface area contributed by atoms with Crippen LogP contribution in [-0.4, -0.2) is 45.4 Å². The second kappa shape index (κ2) is 11.4. The maximum atomic E-state index is 11.1. The topological polar surface area (TPSA) is 73.6 Å². The Hall–Kier alpha value is -0.650. The largest absolute Gasteiger partial charge is 0.380 e. The molecule has 0 aliphatic carbocycles. The van der Waals surface area contributed by atoms with E-state index in [2.05, 4.69) is 5.32 Å². The first-order valence-electron chi connectivity index (χ1n) is 5.43. The van der Waals surface area contributed by atoms with Crippen LogP contribution in [0.1, 0.15) is 19.8 Å². The summed E-state index contributed by atoms with van der Waals surface area (Å²) < 4.78 is 10.2. The first kappa shape index (κ1) is 14.3. The van der Waals surface area contributed by atoms with Gasteiger partial charge in [-0.3, -0.25) is 4.79 Å². The second-order valence-electron chi connectivity index (χ2n) is 3.16. The van der Waals surface area contributed by atoms with Gasteiger partial charge in [-0.15, -0.1) is 0 Å². The quantitative estimate of drug-likeness (QED) is 0.502. The summed E-state index contributed by atoms with van der Waals surface area (Å²) in [6.07, 6.45) is 1.74. The van der Waals surface area contributed by atoms with Gasteiger partial charge in [-0.25, -0.2) is 0 Å². The van der Waals surface area contributed by atoms with Crippen LogP contribution in [0.2, 0.25) is 0 Å². The van der Waals surface area contributed by atoms with E-state index >= 15 is 0 Å². The van der Waals surface area contributed by atoms with Gasteiger partial charge in [0.05, 0.1) is 6.61 Å². The molecule has 0 rings (SSSR count). The van der Waals surface area contributed by atoms with Crippen molar-refractivity contribution < 1.29 is 14.3 Å². The average Bonchev–Trinajstić information content (AvgIpc) is 2.23. The van der Waals surface area contributed by atoms with Crippen molar-refractivity contribution in [2.24, 2.45) is 5.73 Å². The summed E-state index contributed by atoms with van der Waals surface area (Å²) in [5.41, 5.74) is 5.25. The third-order valence-electron chi connectivity index (χ3n) is 1.63. The van der Waals surface area contributed by atoms with E-state index in [0.717, 1.165) is 12.8 Å². The van der Waals surface area contributed by atoms with Gasteiger partial charge < -0.3 is 20.5 Å². The van der Waals surface area contributed by atoms with E-state index in [1.807, 2.05) is 6.92 Å². The van der Waals surface area contributed by atoms with Crippen LogP contribution in [0.4, 0.5) is 0 Å². The zero-order chi connectivity index (χ0) is 11.4. The lowest BCUT2D eigenvalue weighted by molar-refractivity contribution is -0.125. The van der Waals surface area contributed by atoms with Crippen molar-refractivity contribution in [2.75, 3.05) is 39.5 Å². The number of carbonyl (C=O) groups excluding carboxylic acids is 1. The fourth-order valence-corrected chi connectivity index (χ4v) is 0.948. The van der Waals surface area contributed by atoms with E-state index in [1.165, 1.54) is 0 Å². The molecular formula is C10H22N2O3. The van der Waals surface area contributed by atoms with Gasteiger partial charge in [0.1, 0.15) is 6.61 Å². The van der Waals surface area contributed by atoms with Crippen molar-refractivity contribution in [1.82, 2.24) is 5.32 Å². The maximum absolute atomic E-state index is 11.1. The summed E-state index contributed by atoms with van der Waals surface area (Å²) >= 11 is 0. The van der Waals surface area contributed by atoms with Crippen LogP contribution < -0.4 is 11.1 Å². The summed E-state index contributed by atoms with van der Waals surface area (Å²) in [4.78, 5) is 11.1. The average molecular weight is 218 g/mol. The lowest BCUT2D eigenvalue weighted by Gasteiger charge is -2.05. The molecule has 0 aliphatic heterocycles. The molecular weight excluding hydrogens is 196 g/mol. The Morgan fingerprint density at radius 1 is 1.27 bits per heavy atom. The molecule has 0 aromatic carbocycles. The van der Waals surface area contributed by atoms with Gasteiger partial charge in [-0.2, -0.15) is 0 Å². The predicted octanol–water partition coefficient (Wildman–Crippen LogP) is -0.105. The molecule has 0 saturated carbocycles. The van der Waals surface area contributed by atoms with Crippen LogP contribution in [0.15, 0.2) is 0 Å². The number of ether oxygens (including phenoxy) is 2. The first-order chi connectivity index (χ1) is 7.31. The SMILES string of the molecule is CCCOCC(=O)NCCCOCCN. The number of amides is 1. The number of rotatable bonds is 10. The minimum absolute atomic E-state index is 0.0673. The van der Waals surface area contributed by atoms with Crippen molar-refractivity contribution in [3.05, 3.63) is 0 Å². The van der Waals surface area contributed by atoms with Gasteiger partial charge in [0.2, 0.25) is 5.91 Å². The van der Waals surface area contributed by atoms with Gasteiger partial charge in [0, 0.05) is 26.3 Å². The number of hydrogen-bond acceptors (Lipinski definition) is 4. The lowest BCUT2D eigenvalue weighted by atomic mass is 10.4. The standard InChI is InChI=1S/C10H22N2O3/c1-2-6-15-9-10(13)12-5-3-7-14-8-4-11/h2-9,11H2,1H3,(H,12,13). The molecule has 3 N–H and O–H groups in total. The van der Waals surface area contributed by atoms with Crippen molar-refractivity contribution >= 4 is 5.91 Å². The van der Waals surface area contributed by atoms with Gasteiger partial charge >= 0.3 is 0 Å². The normalized spacial score (nSPS) is 10.3. The Labute approximate surface area is 91.3 Å². The highest BCUT2D eigenvalue weighted by atomic mass is 16.5. The van der Waals surface area contributed by atoms with Crippen LogP contribution >= 0.6 is 0 Å². The van der Waals surface area contributed by atoms with Crippen molar-refractivity contribution in [1.29, 1.82) is 0 Å². The molecule has 0 radical (unpaired) electrons. The summed E-state index contributed by atoms with van der Waals surface area (Å²) in [6.45, 7) is 5.16. The van der Waals surface area contributed by atoms with E-state index in [0.29, 0.717) is 32.9 Å². The maximum Gasteiger partial charge on any atom is 0.245 e. The molecule has 0 aliphatic rings. The van der Waals surface area contributed by atoms with E-state index in [1.54, 1.807) is 0 Å². The molecule has 0 heterocycles. The van der Waals surface area contributed by atoms with Crippen molar-refractivity contribution in [3.63, 3.8) is 0 Å². The molecule has 90 valence electrons. The van der Waals surface area contributed by atoms with Gasteiger partial charge in [0.15, 0.2) is 0 Å². The molecule has 0 aromatic heterocycles. The Kier molecular flexibility index (Phi) is 10.9. The third kappa shape index (κ3) is 11.3. The minimum Gasteiger partial charge on any atom is -0.380 e. The smallest absolute Gasteiger partial charge is 0.245 e. The summed E-state index contributed by atoms with van der Waals surface area (Å²) in [5.74, 6) is -0.0673. The molecule has 5 nitrogen and oxygen atoms in total. The monoisotopic (exact) mass is 218 g/mol. The number of hydrogen-bond donors (Lipinski definition) is 2. The van der Waals surface area contributed by atoms with Crippen molar-refractivity contribution in [2.45, 2.75) is 19.8 Å². The molecule has 0 atom stereocenters. The highest BCUT2D eigenvalue weighted by molar-refractivity contribution is 5.77. The zero-order valence-corrected chi connectivity index (χ0v) is 9.46. The highest BCUT2D eigenvalue weighted by Gasteiger charge is 1.99. The van der Waals surface area contributed by atoms with E-state index in [4.69, 9.17) is 15.2 Å². The Morgan fingerprint density at radius 3 is 2.73 bits per heavy atom. The molecule has 0 aromatic rings. The molecule has 15 heavy (non-hydrogen) atoms. The Bertz CT molecular complexity index is 154. The summed E-state index contributed by atoms with van der Waals surface area (Å²) in [5, 5.41) is 2.74. The highest BCUT2D eigenvalue weighted by Crippen LogP contribution is 1.82. The van der Waals surface area contributed by atoms with Crippen LogP contribution in [0.3, 0.4) is 0 Å². The lowest BCUT2D eigenvalue weighted by Crippen LogP contribution is -2.29. The van der Waals surface area contributed by atoms with Gasteiger partial charge in [-0.1, -0.05) is 6.92 Å². The van der Waals surface area contributed by atoms with Crippen LogP contribution in [0.5, 0.6) is 0 Å². The molecule has 0 bridgehead atoms. The molecule has 5 heteroatoms. The molecule has 0 unspecified atom stereocenters.